The molecule has 2 rings (SSSR count). The lowest BCUT2D eigenvalue weighted by molar-refractivity contribution is 0.568. The second-order valence-corrected chi connectivity index (χ2v) is 7.35. The van der Waals surface area contributed by atoms with Crippen LogP contribution in [0.4, 0.5) is 0 Å². The molecule has 0 amide bonds. The fourth-order valence-electron chi connectivity index (χ4n) is 2.73. The van der Waals surface area contributed by atoms with Gasteiger partial charge in [0.1, 0.15) is 0 Å². The first-order valence-electron chi connectivity index (χ1n) is 6.74. The monoisotopic (exact) mass is 243 g/mol. The van der Waals surface area contributed by atoms with E-state index in [9.17, 15) is 0 Å². The number of aryl methyl sites for hydroxylation is 1. The maximum absolute atomic E-state index is 3.68. The summed E-state index contributed by atoms with van der Waals surface area (Å²) in [6, 6.07) is 6.65. The number of hydrogen-bond donors (Lipinski definition) is 1. The van der Waals surface area contributed by atoms with E-state index in [1.54, 1.807) is 0 Å². The van der Waals surface area contributed by atoms with Gasteiger partial charge in [-0.1, -0.05) is 59.7 Å². The van der Waals surface area contributed by atoms with Crippen LogP contribution in [0.15, 0.2) is 18.2 Å². The predicted molar refractivity (Wildman–Crippen MR) is 80.4 cm³/mol. The largest absolute Gasteiger partial charge is 0.357 e. The number of H-pyrrole nitrogens is 1. The smallest absolute Gasteiger partial charge is 0.0496 e. The van der Waals surface area contributed by atoms with Gasteiger partial charge >= 0.3 is 0 Å². The molecule has 1 aromatic heterocycles. The Morgan fingerprint density at radius 1 is 0.889 bits per heavy atom. The molecule has 98 valence electrons. The van der Waals surface area contributed by atoms with Crippen molar-refractivity contribution in [1.82, 2.24) is 4.98 Å². The van der Waals surface area contributed by atoms with E-state index in [0.29, 0.717) is 0 Å². The van der Waals surface area contributed by atoms with Crippen molar-refractivity contribution in [3.63, 3.8) is 0 Å². The van der Waals surface area contributed by atoms with Crippen molar-refractivity contribution in [2.75, 3.05) is 0 Å². The summed E-state index contributed by atoms with van der Waals surface area (Å²) in [6.07, 6.45) is 0. The van der Waals surface area contributed by atoms with E-state index in [0.717, 1.165) is 0 Å². The van der Waals surface area contributed by atoms with Gasteiger partial charge in [0.25, 0.3) is 0 Å². The summed E-state index contributed by atoms with van der Waals surface area (Å²) in [5, 5.41) is 1.37. The summed E-state index contributed by atoms with van der Waals surface area (Å²) in [7, 11) is 0. The zero-order valence-corrected chi connectivity index (χ0v) is 12.7. The number of fused-ring (bicyclic) bond motifs is 1. The molecule has 18 heavy (non-hydrogen) atoms. The van der Waals surface area contributed by atoms with Crippen LogP contribution in [0, 0.1) is 6.92 Å². The molecular weight excluding hydrogens is 218 g/mol. The molecule has 0 spiro atoms. The van der Waals surface area contributed by atoms with Crippen LogP contribution in [0.25, 0.3) is 10.9 Å². The minimum absolute atomic E-state index is 0.165. The van der Waals surface area contributed by atoms with Crippen molar-refractivity contribution < 1.29 is 0 Å². The number of nitrogens with one attached hydrogen (secondary N) is 1. The Labute approximate surface area is 111 Å². The third-order valence-corrected chi connectivity index (χ3v) is 3.65. The fraction of sp³-hybridized carbons (Fsp3) is 0.529. The van der Waals surface area contributed by atoms with Crippen LogP contribution in [-0.2, 0) is 10.8 Å². The molecule has 0 bridgehead atoms. The van der Waals surface area contributed by atoms with Crippen LogP contribution >= 0.6 is 0 Å². The minimum atomic E-state index is 0.165. The lowest BCUT2D eigenvalue weighted by Crippen LogP contribution is -2.14. The van der Waals surface area contributed by atoms with E-state index < -0.39 is 0 Å². The molecule has 0 radical (unpaired) electrons. The molecule has 0 fully saturated rings. The third-order valence-electron chi connectivity index (χ3n) is 3.65. The molecule has 0 unspecified atom stereocenters. The molecule has 0 atom stereocenters. The highest BCUT2D eigenvalue weighted by Crippen LogP contribution is 2.35. The van der Waals surface area contributed by atoms with Crippen molar-refractivity contribution in [3.8, 4) is 0 Å². The fourth-order valence-corrected chi connectivity index (χ4v) is 2.73. The Hall–Kier alpha value is -1.24. The topological polar surface area (TPSA) is 15.8 Å². The average molecular weight is 243 g/mol. The summed E-state index contributed by atoms with van der Waals surface area (Å²) in [5.41, 5.74) is 5.80. The van der Waals surface area contributed by atoms with E-state index in [1.807, 2.05) is 0 Å². The molecule has 0 aliphatic carbocycles. The van der Waals surface area contributed by atoms with Crippen molar-refractivity contribution in [2.24, 2.45) is 0 Å². The maximum atomic E-state index is 3.68. The van der Waals surface area contributed by atoms with Gasteiger partial charge in [0.05, 0.1) is 0 Å². The van der Waals surface area contributed by atoms with Crippen LogP contribution in [-0.4, -0.2) is 4.98 Å². The van der Waals surface area contributed by atoms with Crippen LogP contribution in [0.3, 0.4) is 0 Å². The molecule has 0 aliphatic heterocycles. The Bertz CT molecular complexity index is 574. The molecule has 1 N–H and O–H groups in total. The standard InChI is InChI=1S/C17H25N/c1-11-12-9-8-10-13(16(2,3)4)14(12)18-15(11)17(5,6)7/h8-10,18H,1-7H3. The zero-order chi connectivity index (χ0) is 13.7. The number of para-hydroxylation sites is 1. The number of hydrogen-bond acceptors (Lipinski definition) is 0. The van der Waals surface area contributed by atoms with Crippen molar-refractivity contribution in [1.29, 1.82) is 0 Å². The van der Waals surface area contributed by atoms with Gasteiger partial charge in [-0.05, 0) is 23.5 Å². The Balaban J connectivity index is 2.81. The van der Waals surface area contributed by atoms with Gasteiger partial charge < -0.3 is 4.98 Å². The highest BCUT2D eigenvalue weighted by molar-refractivity contribution is 5.88. The number of rotatable bonds is 0. The first kappa shape index (κ1) is 13.2. The second-order valence-electron chi connectivity index (χ2n) is 7.35. The van der Waals surface area contributed by atoms with Crippen molar-refractivity contribution >= 4 is 10.9 Å². The average Bonchev–Trinajstić information content (AvgIpc) is 2.54. The Morgan fingerprint density at radius 3 is 2.00 bits per heavy atom. The number of aromatic amines is 1. The molecule has 1 aromatic carbocycles. The summed E-state index contributed by atoms with van der Waals surface area (Å²) in [4.78, 5) is 3.68. The van der Waals surface area contributed by atoms with Gasteiger partial charge in [-0.2, -0.15) is 0 Å². The summed E-state index contributed by atoms with van der Waals surface area (Å²) in [5.74, 6) is 0. The quantitative estimate of drug-likeness (QED) is 0.665. The van der Waals surface area contributed by atoms with E-state index in [1.165, 1.54) is 27.7 Å². The molecular formula is C17H25N. The molecule has 0 saturated carbocycles. The Kier molecular flexibility index (Phi) is 2.84. The van der Waals surface area contributed by atoms with E-state index in [2.05, 4.69) is 71.6 Å². The van der Waals surface area contributed by atoms with Crippen LogP contribution < -0.4 is 0 Å². The maximum Gasteiger partial charge on any atom is 0.0496 e. The van der Waals surface area contributed by atoms with Crippen LogP contribution in [0.1, 0.15) is 58.4 Å². The lowest BCUT2D eigenvalue weighted by Gasteiger charge is -2.20. The van der Waals surface area contributed by atoms with Gasteiger partial charge in [0, 0.05) is 22.0 Å². The summed E-state index contributed by atoms with van der Waals surface area (Å²) < 4.78 is 0. The highest BCUT2D eigenvalue weighted by atomic mass is 14.7. The highest BCUT2D eigenvalue weighted by Gasteiger charge is 2.24. The Morgan fingerprint density at radius 2 is 1.50 bits per heavy atom. The second kappa shape index (κ2) is 3.88. The normalized spacial score (nSPS) is 13.3. The van der Waals surface area contributed by atoms with Crippen molar-refractivity contribution in [3.05, 3.63) is 35.0 Å². The first-order valence-corrected chi connectivity index (χ1v) is 6.74. The number of benzene rings is 1. The minimum Gasteiger partial charge on any atom is -0.357 e. The van der Waals surface area contributed by atoms with Crippen LogP contribution in [0.5, 0.6) is 0 Å². The summed E-state index contributed by atoms with van der Waals surface area (Å²) in [6.45, 7) is 15.8. The third kappa shape index (κ3) is 2.07. The molecule has 1 heteroatoms. The first-order chi connectivity index (χ1) is 8.12. The number of aromatic nitrogens is 1. The predicted octanol–water partition coefficient (Wildman–Crippen LogP) is 5.07. The molecule has 0 saturated heterocycles. The van der Waals surface area contributed by atoms with E-state index in [4.69, 9.17) is 0 Å². The van der Waals surface area contributed by atoms with E-state index >= 15 is 0 Å². The summed E-state index contributed by atoms with van der Waals surface area (Å²) >= 11 is 0. The van der Waals surface area contributed by atoms with E-state index in [-0.39, 0.29) is 10.8 Å². The van der Waals surface area contributed by atoms with Gasteiger partial charge in [-0.15, -0.1) is 0 Å². The SMILES string of the molecule is Cc1c(C(C)(C)C)[nH]c2c(C(C)(C)C)cccc12. The van der Waals surface area contributed by atoms with Crippen molar-refractivity contribution in [2.45, 2.75) is 59.3 Å². The van der Waals surface area contributed by atoms with Gasteiger partial charge in [0.15, 0.2) is 0 Å². The molecule has 1 nitrogen and oxygen atoms in total. The lowest BCUT2D eigenvalue weighted by atomic mass is 9.85. The molecule has 2 aromatic rings. The van der Waals surface area contributed by atoms with Gasteiger partial charge in [-0.25, -0.2) is 0 Å². The zero-order valence-electron chi connectivity index (χ0n) is 12.7. The molecule has 0 aliphatic rings. The van der Waals surface area contributed by atoms with Gasteiger partial charge in [-0.3, -0.25) is 0 Å². The van der Waals surface area contributed by atoms with Crippen LogP contribution in [0.2, 0.25) is 0 Å². The molecule has 1 heterocycles. The van der Waals surface area contributed by atoms with Gasteiger partial charge in [0.2, 0.25) is 0 Å².